The number of carbonyl (C=O) groups is 1. The number of aliphatic hydroxyl groups is 1. The summed E-state index contributed by atoms with van der Waals surface area (Å²) >= 11 is 0. The summed E-state index contributed by atoms with van der Waals surface area (Å²) in [5.41, 5.74) is 0.345. The first kappa shape index (κ1) is 16.4. The molecule has 0 aliphatic heterocycles. The molecule has 1 saturated carbocycles. The van der Waals surface area contributed by atoms with Crippen LogP contribution in [0.1, 0.15) is 46.5 Å². The summed E-state index contributed by atoms with van der Waals surface area (Å²) in [6.45, 7) is 7.38. The molecular weight excluding hydrogens is 242 g/mol. The Morgan fingerprint density at radius 2 is 2.16 bits per heavy atom. The molecule has 0 aromatic carbocycles. The third-order valence-electron chi connectivity index (χ3n) is 3.85. The van der Waals surface area contributed by atoms with Crippen molar-refractivity contribution < 1.29 is 14.6 Å². The molecule has 0 heterocycles. The number of methoxy groups -OCH3 is 1. The number of carbonyl (C=O) groups excluding carboxylic acids is 1. The lowest BCUT2D eigenvalue weighted by molar-refractivity contribution is -0.123. The topological polar surface area (TPSA) is 58.6 Å². The van der Waals surface area contributed by atoms with Gasteiger partial charge in [0.25, 0.3) is 0 Å². The summed E-state index contributed by atoms with van der Waals surface area (Å²) in [6.07, 6.45) is 3.46. The van der Waals surface area contributed by atoms with Crippen molar-refractivity contribution in [1.82, 2.24) is 5.32 Å². The smallest absolute Gasteiger partial charge is 0.220 e. The lowest BCUT2D eigenvalue weighted by atomic mass is 9.67. The second-order valence-electron chi connectivity index (χ2n) is 6.90. The first-order valence-electron chi connectivity index (χ1n) is 7.26. The quantitative estimate of drug-likeness (QED) is 0.776. The highest BCUT2D eigenvalue weighted by molar-refractivity contribution is 5.76. The zero-order valence-electron chi connectivity index (χ0n) is 12.7. The fourth-order valence-corrected chi connectivity index (χ4v) is 3.52. The van der Waals surface area contributed by atoms with E-state index in [1.165, 1.54) is 13.5 Å². The molecule has 0 aromatic rings. The second kappa shape index (κ2) is 7.25. The fraction of sp³-hybridized carbons (Fsp3) is 0.933. The predicted octanol–water partition coefficient (Wildman–Crippen LogP) is 1.96. The first-order valence-corrected chi connectivity index (χ1v) is 7.26. The molecule has 112 valence electrons. The van der Waals surface area contributed by atoms with Crippen LogP contribution in [0.15, 0.2) is 0 Å². The minimum absolute atomic E-state index is 0.0463. The van der Waals surface area contributed by atoms with Crippen molar-refractivity contribution in [3.63, 3.8) is 0 Å². The van der Waals surface area contributed by atoms with E-state index in [1.54, 1.807) is 0 Å². The molecule has 3 unspecified atom stereocenters. The van der Waals surface area contributed by atoms with E-state index in [9.17, 15) is 9.90 Å². The minimum atomic E-state index is -0.615. The fourth-order valence-electron chi connectivity index (χ4n) is 3.52. The number of amides is 1. The van der Waals surface area contributed by atoms with Crippen molar-refractivity contribution in [2.45, 2.75) is 52.6 Å². The van der Waals surface area contributed by atoms with Crippen LogP contribution in [0.25, 0.3) is 0 Å². The van der Waals surface area contributed by atoms with Gasteiger partial charge in [0, 0.05) is 20.1 Å². The van der Waals surface area contributed by atoms with Gasteiger partial charge in [-0.05, 0) is 36.5 Å². The Hall–Kier alpha value is -0.610. The van der Waals surface area contributed by atoms with Crippen LogP contribution >= 0.6 is 0 Å². The van der Waals surface area contributed by atoms with Crippen LogP contribution in [0.5, 0.6) is 0 Å². The Balaban J connectivity index is 2.31. The van der Waals surface area contributed by atoms with E-state index >= 15 is 0 Å². The van der Waals surface area contributed by atoms with E-state index in [0.29, 0.717) is 23.7 Å². The third kappa shape index (κ3) is 6.39. The van der Waals surface area contributed by atoms with Crippen molar-refractivity contribution in [3.8, 4) is 0 Å². The van der Waals surface area contributed by atoms with E-state index in [1.807, 2.05) is 0 Å². The molecule has 1 fully saturated rings. The molecule has 0 radical (unpaired) electrons. The van der Waals surface area contributed by atoms with Crippen LogP contribution in [-0.2, 0) is 9.53 Å². The second-order valence-corrected chi connectivity index (χ2v) is 6.90. The van der Waals surface area contributed by atoms with Gasteiger partial charge in [-0.2, -0.15) is 0 Å². The third-order valence-corrected chi connectivity index (χ3v) is 3.85. The highest BCUT2D eigenvalue weighted by atomic mass is 16.5. The van der Waals surface area contributed by atoms with Crippen LogP contribution in [0.4, 0.5) is 0 Å². The van der Waals surface area contributed by atoms with Crippen molar-refractivity contribution in [1.29, 1.82) is 0 Å². The number of rotatable bonds is 6. The van der Waals surface area contributed by atoms with E-state index < -0.39 is 6.10 Å². The van der Waals surface area contributed by atoms with E-state index in [-0.39, 0.29) is 19.1 Å². The Bertz CT molecular complexity index is 291. The average Bonchev–Trinajstić information content (AvgIpc) is 2.23. The maximum absolute atomic E-state index is 11.9. The van der Waals surface area contributed by atoms with Gasteiger partial charge in [0.1, 0.15) is 0 Å². The molecule has 1 aliphatic rings. The van der Waals surface area contributed by atoms with E-state index in [0.717, 1.165) is 12.8 Å². The molecule has 3 atom stereocenters. The van der Waals surface area contributed by atoms with Crippen molar-refractivity contribution in [2.24, 2.45) is 17.3 Å². The molecule has 0 saturated heterocycles. The Morgan fingerprint density at radius 1 is 1.47 bits per heavy atom. The zero-order valence-corrected chi connectivity index (χ0v) is 12.7. The van der Waals surface area contributed by atoms with E-state index in [4.69, 9.17) is 4.74 Å². The van der Waals surface area contributed by atoms with Crippen LogP contribution in [-0.4, -0.2) is 37.4 Å². The first-order chi connectivity index (χ1) is 8.82. The van der Waals surface area contributed by atoms with Crippen molar-refractivity contribution in [3.05, 3.63) is 0 Å². The average molecular weight is 271 g/mol. The van der Waals surface area contributed by atoms with Crippen LogP contribution in [0.3, 0.4) is 0 Å². The highest BCUT2D eigenvalue weighted by Crippen LogP contribution is 2.42. The maximum atomic E-state index is 11.9. The monoisotopic (exact) mass is 271 g/mol. The Labute approximate surface area is 116 Å². The molecule has 0 spiro atoms. The SMILES string of the molecule is COCC(O)CNC(=O)CC1CC(C)CC(C)(C)C1. The van der Waals surface area contributed by atoms with Crippen LogP contribution < -0.4 is 5.32 Å². The largest absolute Gasteiger partial charge is 0.389 e. The molecule has 19 heavy (non-hydrogen) atoms. The van der Waals surface area contributed by atoms with Gasteiger partial charge in [-0.25, -0.2) is 0 Å². The molecule has 0 aromatic heterocycles. The Morgan fingerprint density at radius 3 is 2.74 bits per heavy atom. The van der Waals surface area contributed by atoms with Gasteiger partial charge in [0.2, 0.25) is 5.91 Å². The summed E-state index contributed by atoms with van der Waals surface area (Å²) in [7, 11) is 1.54. The standard InChI is InChI=1S/C15H29NO3/c1-11-5-12(8-15(2,3)7-11)6-14(18)16-9-13(17)10-19-4/h11-13,17H,5-10H2,1-4H3,(H,16,18). The predicted molar refractivity (Wildman–Crippen MR) is 75.8 cm³/mol. The van der Waals surface area contributed by atoms with Gasteiger partial charge in [0.05, 0.1) is 12.7 Å². The molecule has 4 heteroatoms. The lowest BCUT2D eigenvalue weighted by Crippen LogP contribution is -2.37. The number of nitrogens with one attached hydrogen (secondary N) is 1. The number of hydrogen-bond donors (Lipinski definition) is 2. The lowest BCUT2D eigenvalue weighted by Gasteiger charge is -2.38. The Kier molecular flexibility index (Phi) is 6.27. The summed E-state index contributed by atoms with van der Waals surface area (Å²) in [5.74, 6) is 1.21. The molecule has 4 nitrogen and oxygen atoms in total. The van der Waals surface area contributed by atoms with Crippen molar-refractivity contribution >= 4 is 5.91 Å². The van der Waals surface area contributed by atoms with Gasteiger partial charge in [-0.1, -0.05) is 20.8 Å². The minimum Gasteiger partial charge on any atom is -0.389 e. The van der Waals surface area contributed by atoms with Crippen LogP contribution in [0, 0.1) is 17.3 Å². The molecule has 2 N–H and O–H groups in total. The van der Waals surface area contributed by atoms with Gasteiger partial charge < -0.3 is 15.2 Å². The molecule has 1 amide bonds. The molecular formula is C15H29NO3. The summed E-state index contributed by atoms with van der Waals surface area (Å²) in [5, 5.41) is 12.3. The van der Waals surface area contributed by atoms with E-state index in [2.05, 4.69) is 26.1 Å². The van der Waals surface area contributed by atoms with Crippen molar-refractivity contribution in [2.75, 3.05) is 20.3 Å². The highest BCUT2D eigenvalue weighted by Gasteiger charge is 2.32. The van der Waals surface area contributed by atoms with Gasteiger partial charge in [-0.15, -0.1) is 0 Å². The number of ether oxygens (including phenoxy) is 1. The maximum Gasteiger partial charge on any atom is 0.220 e. The number of hydrogen-bond acceptors (Lipinski definition) is 3. The van der Waals surface area contributed by atoms with Crippen LogP contribution in [0.2, 0.25) is 0 Å². The summed E-state index contributed by atoms with van der Waals surface area (Å²) in [4.78, 5) is 11.9. The summed E-state index contributed by atoms with van der Waals surface area (Å²) < 4.78 is 4.83. The normalized spacial score (nSPS) is 27.8. The van der Waals surface area contributed by atoms with Gasteiger partial charge in [-0.3, -0.25) is 4.79 Å². The summed E-state index contributed by atoms with van der Waals surface area (Å²) in [6, 6.07) is 0. The molecule has 0 bridgehead atoms. The van der Waals surface area contributed by atoms with Gasteiger partial charge in [0.15, 0.2) is 0 Å². The molecule has 1 rings (SSSR count). The molecule has 1 aliphatic carbocycles. The number of aliphatic hydroxyl groups excluding tert-OH is 1. The zero-order chi connectivity index (χ0) is 14.5. The van der Waals surface area contributed by atoms with Gasteiger partial charge >= 0.3 is 0 Å².